The molecule has 1 aliphatic rings. The van der Waals surface area contributed by atoms with E-state index < -0.39 is 0 Å². The van der Waals surface area contributed by atoms with Gasteiger partial charge in [-0.2, -0.15) is 0 Å². The van der Waals surface area contributed by atoms with Gasteiger partial charge in [-0.05, 0) is 37.3 Å². The average molecular weight is 288 g/mol. The summed E-state index contributed by atoms with van der Waals surface area (Å²) in [7, 11) is 0. The molecule has 3 heteroatoms. The van der Waals surface area contributed by atoms with Crippen LogP contribution in [-0.2, 0) is 4.79 Å². The number of rotatable bonds is 3. The molecule has 2 rings (SSSR count). The number of amides is 1. The van der Waals surface area contributed by atoms with Crippen molar-refractivity contribution < 1.29 is 4.79 Å². The molecular formula is C18H28N2O. The van der Waals surface area contributed by atoms with E-state index in [9.17, 15) is 4.79 Å². The third-order valence-corrected chi connectivity index (χ3v) is 4.20. The van der Waals surface area contributed by atoms with Crippen molar-refractivity contribution in [2.24, 2.45) is 11.3 Å². The Hall–Kier alpha value is -1.35. The molecule has 0 saturated carbocycles. The van der Waals surface area contributed by atoms with Gasteiger partial charge < -0.3 is 10.6 Å². The zero-order valence-corrected chi connectivity index (χ0v) is 13.7. The zero-order chi connectivity index (χ0) is 15.5. The molecule has 1 aromatic carbocycles. The first-order chi connectivity index (χ1) is 9.88. The van der Waals surface area contributed by atoms with E-state index in [2.05, 4.69) is 62.6 Å². The summed E-state index contributed by atoms with van der Waals surface area (Å²) >= 11 is 0. The van der Waals surface area contributed by atoms with Crippen LogP contribution in [0.15, 0.2) is 24.3 Å². The fraction of sp³-hybridized carbons (Fsp3) is 0.611. The smallest absolute Gasteiger partial charge is 0.224 e. The lowest BCUT2D eigenvalue weighted by atomic mass is 9.81. The molecule has 0 bridgehead atoms. The lowest BCUT2D eigenvalue weighted by Gasteiger charge is -2.34. The van der Waals surface area contributed by atoms with Gasteiger partial charge in [0.05, 0.1) is 12.0 Å². The van der Waals surface area contributed by atoms with Gasteiger partial charge in [-0.1, -0.05) is 50.6 Å². The van der Waals surface area contributed by atoms with E-state index in [4.69, 9.17) is 0 Å². The maximum Gasteiger partial charge on any atom is 0.224 e. The molecular weight excluding hydrogens is 260 g/mol. The van der Waals surface area contributed by atoms with Gasteiger partial charge in [0.15, 0.2) is 0 Å². The molecule has 2 atom stereocenters. The second-order valence-electron chi connectivity index (χ2n) is 7.27. The van der Waals surface area contributed by atoms with E-state index in [0.717, 1.165) is 25.9 Å². The molecule has 2 N–H and O–H groups in total. The Morgan fingerprint density at radius 1 is 1.38 bits per heavy atom. The summed E-state index contributed by atoms with van der Waals surface area (Å²) in [5, 5.41) is 6.61. The number of aryl methyl sites for hydroxylation is 1. The van der Waals surface area contributed by atoms with Crippen molar-refractivity contribution in [3.05, 3.63) is 35.4 Å². The van der Waals surface area contributed by atoms with Gasteiger partial charge in [0, 0.05) is 6.54 Å². The summed E-state index contributed by atoms with van der Waals surface area (Å²) in [4.78, 5) is 12.6. The number of hydrogen-bond donors (Lipinski definition) is 2. The first-order valence-electron chi connectivity index (χ1n) is 7.95. The maximum absolute atomic E-state index is 12.6. The summed E-state index contributed by atoms with van der Waals surface area (Å²) < 4.78 is 0. The molecule has 1 aliphatic heterocycles. The molecule has 116 valence electrons. The third-order valence-electron chi connectivity index (χ3n) is 4.20. The van der Waals surface area contributed by atoms with Crippen molar-refractivity contribution in [2.45, 2.75) is 46.6 Å². The molecule has 1 amide bonds. The molecule has 1 fully saturated rings. The van der Waals surface area contributed by atoms with Gasteiger partial charge in [-0.25, -0.2) is 0 Å². The predicted molar refractivity (Wildman–Crippen MR) is 87.1 cm³/mol. The molecule has 0 aromatic heterocycles. The molecule has 1 heterocycles. The summed E-state index contributed by atoms with van der Waals surface area (Å²) in [5.74, 6) is 0.289. The summed E-state index contributed by atoms with van der Waals surface area (Å²) in [6, 6.07) is 8.50. The minimum absolute atomic E-state index is 0.00838. The first kappa shape index (κ1) is 16.0. The van der Waals surface area contributed by atoms with Crippen LogP contribution in [0.5, 0.6) is 0 Å². The van der Waals surface area contributed by atoms with Crippen LogP contribution in [-0.4, -0.2) is 19.0 Å². The van der Waals surface area contributed by atoms with Gasteiger partial charge >= 0.3 is 0 Å². The third kappa shape index (κ3) is 4.31. The molecule has 0 aliphatic carbocycles. The monoisotopic (exact) mass is 288 g/mol. The lowest BCUT2D eigenvalue weighted by Crippen LogP contribution is -2.44. The Morgan fingerprint density at radius 2 is 2.14 bits per heavy atom. The second kappa shape index (κ2) is 6.61. The van der Waals surface area contributed by atoms with Crippen LogP contribution in [0.4, 0.5) is 0 Å². The number of hydrogen-bond acceptors (Lipinski definition) is 2. The lowest BCUT2D eigenvalue weighted by molar-refractivity contribution is -0.127. The van der Waals surface area contributed by atoms with E-state index in [-0.39, 0.29) is 23.3 Å². The van der Waals surface area contributed by atoms with E-state index in [1.54, 1.807) is 0 Å². The number of nitrogens with one attached hydrogen (secondary N) is 2. The zero-order valence-electron chi connectivity index (χ0n) is 13.7. The van der Waals surface area contributed by atoms with Gasteiger partial charge in [0.2, 0.25) is 5.91 Å². The summed E-state index contributed by atoms with van der Waals surface area (Å²) in [6.07, 6.45) is 2.08. The highest BCUT2D eigenvalue weighted by Gasteiger charge is 2.30. The molecule has 1 saturated heterocycles. The fourth-order valence-corrected chi connectivity index (χ4v) is 2.99. The number of piperidine rings is 1. The van der Waals surface area contributed by atoms with Crippen molar-refractivity contribution >= 4 is 5.91 Å². The Kier molecular flexibility index (Phi) is 5.04. The van der Waals surface area contributed by atoms with Crippen molar-refractivity contribution in [2.75, 3.05) is 13.1 Å². The molecule has 0 radical (unpaired) electrons. The highest BCUT2D eigenvalue weighted by Crippen LogP contribution is 2.33. The Morgan fingerprint density at radius 3 is 2.71 bits per heavy atom. The highest BCUT2D eigenvalue weighted by atomic mass is 16.2. The van der Waals surface area contributed by atoms with Crippen LogP contribution in [0.25, 0.3) is 0 Å². The minimum atomic E-state index is -0.00838. The topological polar surface area (TPSA) is 41.1 Å². The van der Waals surface area contributed by atoms with Crippen molar-refractivity contribution in [1.82, 2.24) is 10.6 Å². The normalized spacial score (nSPS) is 20.9. The molecule has 21 heavy (non-hydrogen) atoms. The molecule has 0 spiro atoms. The van der Waals surface area contributed by atoms with E-state index in [0.29, 0.717) is 0 Å². The van der Waals surface area contributed by atoms with Crippen LogP contribution in [0.2, 0.25) is 0 Å². The van der Waals surface area contributed by atoms with Crippen LogP contribution in [0.3, 0.4) is 0 Å². The van der Waals surface area contributed by atoms with Crippen LogP contribution >= 0.6 is 0 Å². The molecule has 1 aromatic rings. The molecule has 3 nitrogen and oxygen atoms in total. The SMILES string of the molecule is Cc1cccc(C(NC(=O)C2CCCNC2)C(C)(C)C)c1. The van der Waals surface area contributed by atoms with Crippen molar-refractivity contribution in [3.8, 4) is 0 Å². The van der Waals surface area contributed by atoms with Gasteiger partial charge in [-0.15, -0.1) is 0 Å². The Balaban J connectivity index is 2.15. The molecule has 2 unspecified atom stereocenters. The number of carbonyl (C=O) groups excluding carboxylic acids is 1. The second-order valence-corrected chi connectivity index (χ2v) is 7.27. The van der Waals surface area contributed by atoms with E-state index in [1.165, 1.54) is 11.1 Å². The standard InChI is InChI=1S/C18H28N2O/c1-13-7-5-8-14(11-13)16(18(2,3)4)20-17(21)15-9-6-10-19-12-15/h5,7-8,11,15-16,19H,6,9-10,12H2,1-4H3,(H,20,21). The van der Waals surface area contributed by atoms with Crippen molar-refractivity contribution in [3.63, 3.8) is 0 Å². The van der Waals surface area contributed by atoms with E-state index in [1.807, 2.05) is 0 Å². The Bertz CT molecular complexity index is 484. The first-order valence-corrected chi connectivity index (χ1v) is 7.95. The minimum Gasteiger partial charge on any atom is -0.348 e. The Labute approximate surface area is 128 Å². The fourth-order valence-electron chi connectivity index (χ4n) is 2.99. The van der Waals surface area contributed by atoms with Crippen LogP contribution < -0.4 is 10.6 Å². The van der Waals surface area contributed by atoms with E-state index >= 15 is 0 Å². The number of benzene rings is 1. The number of carbonyl (C=O) groups is 1. The van der Waals surface area contributed by atoms with Gasteiger partial charge in [-0.3, -0.25) is 4.79 Å². The quantitative estimate of drug-likeness (QED) is 0.897. The summed E-state index contributed by atoms with van der Waals surface area (Å²) in [5.41, 5.74) is 2.42. The van der Waals surface area contributed by atoms with Crippen molar-refractivity contribution in [1.29, 1.82) is 0 Å². The van der Waals surface area contributed by atoms with Crippen LogP contribution in [0, 0.1) is 18.3 Å². The van der Waals surface area contributed by atoms with Gasteiger partial charge in [0.25, 0.3) is 0 Å². The van der Waals surface area contributed by atoms with Gasteiger partial charge in [0.1, 0.15) is 0 Å². The highest BCUT2D eigenvalue weighted by molar-refractivity contribution is 5.79. The average Bonchev–Trinajstić information content (AvgIpc) is 2.44. The largest absolute Gasteiger partial charge is 0.348 e. The maximum atomic E-state index is 12.6. The van der Waals surface area contributed by atoms with Crippen LogP contribution in [0.1, 0.15) is 50.8 Å². The predicted octanol–water partition coefficient (Wildman–Crippen LogP) is 3.20. The summed E-state index contributed by atoms with van der Waals surface area (Å²) in [6.45, 7) is 10.5.